The van der Waals surface area contributed by atoms with Crippen molar-refractivity contribution in [2.75, 3.05) is 0 Å². The fourth-order valence-electron chi connectivity index (χ4n) is 2.56. The minimum Gasteiger partial charge on any atom is -0.503 e. The summed E-state index contributed by atoms with van der Waals surface area (Å²) in [6.07, 6.45) is 0.838. The second-order valence-corrected chi connectivity index (χ2v) is 5.28. The van der Waals surface area contributed by atoms with E-state index in [1.807, 2.05) is 50.2 Å². The first kappa shape index (κ1) is 14.3. The number of phenols is 1. The minimum absolute atomic E-state index is 0.0445. The van der Waals surface area contributed by atoms with E-state index in [-0.39, 0.29) is 5.75 Å². The molecule has 1 N–H and O–H groups in total. The number of hydrogen-bond acceptors (Lipinski definition) is 4. The predicted octanol–water partition coefficient (Wildman–Crippen LogP) is 5.73. The molecule has 0 aliphatic heterocycles. The number of hydrogen-bond donors (Lipinski definition) is 1. The van der Waals surface area contributed by atoms with Crippen LogP contribution in [0.1, 0.15) is 23.8 Å². The van der Waals surface area contributed by atoms with E-state index >= 15 is 0 Å². The quantitative estimate of drug-likeness (QED) is 0.627. The summed E-state index contributed by atoms with van der Waals surface area (Å²) in [7, 11) is 0. The molecule has 112 valence electrons. The lowest BCUT2D eigenvalue weighted by Gasteiger charge is -2.05. The molecule has 1 heterocycles. The van der Waals surface area contributed by atoms with E-state index < -0.39 is 0 Å². The number of azo groups is 1. The van der Waals surface area contributed by atoms with E-state index in [2.05, 4.69) is 17.2 Å². The number of fused-ring (bicyclic) bond motifs is 1. The van der Waals surface area contributed by atoms with Crippen molar-refractivity contribution in [3.05, 3.63) is 53.3 Å². The third kappa shape index (κ3) is 2.37. The molecular weight excluding hydrogens is 276 g/mol. The van der Waals surface area contributed by atoms with Crippen LogP contribution < -0.4 is 0 Å². The van der Waals surface area contributed by atoms with Gasteiger partial charge in [0.1, 0.15) is 11.4 Å². The van der Waals surface area contributed by atoms with Crippen LogP contribution in [0.5, 0.6) is 5.75 Å². The van der Waals surface area contributed by atoms with Gasteiger partial charge in [0.25, 0.3) is 0 Å². The van der Waals surface area contributed by atoms with Crippen molar-refractivity contribution in [1.82, 2.24) is 0 Å². The highest BCUT2D eigenvalue weighted by atomic mass is 16.4. The van der Waals surface area contributed by atoms with Gasteiger partial charge >= 0.3 is 0 Å². The summed E-state index contributed by atoms with van der Waals surface area (Å²) in [6, 6.07) is 11.3. The lowest BCUT2D eigenvalue weighted by atomic mass is 10.0. The highest BCUT2D eigenvalue weighted by Crippen LogP contribution is 2.41. The molecule has 3 rings (SSSR count). The zero-order valence-corrected chi connectivity index (χ0v) is 12.9. The van der Waals surface area contributed by atoms with Crippen LogP contribution in [0.2, 0.25) is 0 Å². The molecule has 0 saturated heterocycles. The second kappa shape index (κ2) is 5.64. The maximum atomic E-state index is 10.4. The highest BCUT2D eigenvalue weighted by molar-refractivity contribution is 5.93. The molecule has 0 atom stereocenters. The van der Waals surface area contributed by atoms with Gasteiger partial charge in [0.15, 0.2) is 11.3 Å². The lowest BCUT2D eigenvalue weighted by Crippen LogP contribution is -1.84. The van der Waals surface area contributed by atoms with Gasteiger partial charge in [-0.3, -0.25) is 0 Å². The summed E-state index contributed by atoms with van der Waals surface area (Å²) < 4.78 is 5.71. The first-order valence-electron chi connectivity index (χ1n) is 7.33. The van der Waals surface area contributed by atoms with Gasteiger partial charge in [-0.15, -0.1) is 5.11 Å². The molecular formula is C18H18N2O2. The van der Waals surface area contributed by atoms with E-state index in [9.17, 15) is 5.11 Å². The monoisotopic (exact) mass is 294 g/mol. The van der Waals surface area contributed by atoms with Crippen molar-refractivity contribution in [2.45, 2.75) is 27.2 Å². The predicted molar refractivity (Wildman–Crippen MR) is 87.3 cm³/mol. The van der Waals surface area contributed by atoms with Crippen LogP contribution >= 0.6 is 0 Å². The molecule has 2 aromatic carbocycles. The number of rotatable bonds is 3. The van der Waals surface area contributed by atoms with Crippen molar-refractivity contribution in [3.8, 4) is 5.75 Å². The third-order valence-corrected chi connectivity index (χ3v) is 3.89. The van der Waals surface area contributed by atoms with Crippen molar-refractivity contribution < 1.29 is 9.52 Å². The lowest BCUT2D eigenvalue weighted by molar-refractivity contribution is 0.462. The van der Waals surface area contributed by atoms with Crippen LogP contribution in [0.4, 0.5) is 11.4 Å². The van der Waals surface area contributed by atoms with E-state index in [0.717, 1.165) is 34.4 Å². The Hall–Kier alpha value is -2.62. The molecule has 1 aromatic heterocycles. The Morgan fingerprint density at radius 3 is 2.50 bits per heavy atom. The third-order valence-electron chi connectivity index (χ3n) is 3.89. The Kier molecular flexibility index (Phi) is 3.67. The molecule has 0 spiro atoms. The summed E-state index contributed by atoms with van der Waals surface area (Å²) in [5, 5.41) is 19.8. The number of aromatic hydroxyl groups is 1. The number of aryl methyl sites for hydroxylation is 3. The van der Waals surface area contributed by atoms with Gasteiger partial charge in [-0.2, -0.15) is 5.11 Å². The number of phenolic OH excluding ortho intramolecular Hbond substituents is 1. The normalized spacial score (nSPS) is 11.6. The largest absolute Gasteiger partial charge is 0.503 e. The van der Waals surface area contributed by atoms with Gasteiger partial charge in [-0.25, -0.2) is 0 Å². The van der Waals surface area contributed by atoms with Crippen LogP contribution in [0, 0.1) is 13.8 Å². The van der Waals surface area contributed by atoms with Gasteiger partial charge in [0, 0.05) is 5.39 Å². The summed E-state index contributed by atoms with van der Waals surface area (Å²) in [5.74, 6) is 0.861. The molecule has 0 amide bonds. The Morgan fingerprint density at radius 1 is 1.09 bits per heavy atom. The first-order chi connectivity index (χ1) is 10.6. The molecule has 0 radical (unpaired) electrons. The zero-order valence-electron chi connectivity index (χ0n) is 12.9. The van der Waals surface area contributed by atoms with Gasteiger partial charge in [-0.05, 0) is 49.6 Å². The fourth-order valence-corrected chi connectivity index (χ4v) is 2.56. The average Bonchev–Trinajstić information content (AvgIpc) is 2.84. The summed E-state index contributed by atoms with van der Waals surface area (Å²) in [6.45, 7) is 5.98. The van der Waals surface area contributed by atoms with Crippen molar-refractivity contribution in [1.29, 1.82) is 0 Å². The van der Waals surface area contributed by atoms with Gasteiger partial charge in [0.2, 0.25) is 0 Å². The Labute approximate surface area is 129 Å². The molecule has 0 aliphatic carbocycles. The van der Waals surface area contributed by atoms with Gasteiger partial charge in [0.05, 0.1) is 5.69 Å². The van der Waals surface area contributed by atoms with E-state index in [1.54, 1.807) is 0 Å². The molecule has 4 nitrogen and oxygen atoms in total. The highest BCUT2D eigenvalue weighted by Gasteiger charge is 2.18. The average molecular weight is 294 g/mol. The second-order valence-electron chi connectivity index (χ2n) is 5.28. The standard InChI is InChI=1S/C18H18N2O2/c1-4-13-10-15(20-19-14-8-6-5-7-9-14)17(21)18-16(13)11(2)12(3)22-18/h5-10,21H,4H2,1-3H3. The summed E-state index contributed by atoms with van der Waals surface area (Å²) in [4.78, 5) is 0. The van der Waals surface area contributed by atoms with Crippen molar-refractivity contribution >= 4 is 22.3 Å². The minimum atomic E-state index is 0.0445. The van der Waals surface area contributed by atoms with Gasteiger partial charge < -0.3 is 9.52 Å². The SMILES string of the molecule is CCc1cc(N=Nc2ccccc2)c(O)c2oc(C)c(C)c12. The first-order valence-corrected chi connectivity index (χ1v) is 7.33. The maximum Gasteiger partial charge on any atom is 0.187 e. The molecule has 0 fully saturated rings. The number of benzene rings is 2. The van der Waals surface area contributed by atoms with E-state index in [0.29, 0.717) is 11.3 Å². The van der Waals surface area contributed by atoms with Crippen LogP contribution in [-0.2, 0) is 6.42 Å². The maximum absolute atomic E-state index is 10.4. The van der Waals surface area contributed by atoms with E-state index in [1.165, 1.54) is 0 Å². The van der Waals surface area contributed by atoms with Crippen LogP contribution in [0.3, 0.4) is 0 Å². The number of nitrogens with zero attached hydrogens (tertiary/aromatic N) is 2. The summed E-state index contributed by atoms with van der Waals surface area (Å²) in [5.41, 5.74) is 3.84. The molecule has 0 saturated carbocycles. The molecule has 22 heavy (non-hydrogen) atoms. The molecule has 0 aliphatic rings. The molecule has 4 heteroatoms. The van der Waals surface area contributed by atoms with Crippen molar-refractivity contribution in [2.24, 2.45) is 10.2 Å². The Balaban J connectivity index is 2.15. The Bertz CT molecular complexity index is 849. The summed E-state index contributed by atoms with van der Waals surface area (Å²) >= 11 is 0. The van der Waals surface area contributed by atoms with Gasteiger partial charge in [-0.1, -0.05) is 25.1 Å². The topological polar surface area (TPSA) is 58.1 Å². The van der Waals surface area contributed by atoms with Crippen LogP contribution in [-0.4, -0.2) is 5.11 Å². The van der Waals surface area contributed by atoms with Crippen LogP contribution in [0.15, 0.2) is 51.0 Å². The fraction of sp³-hybridized carbons (Fsp3) is 0.222. The Morgan fingerprint density at radius 2 is 1.82 bits per heavy atom. The molecule has 0 bridgehead atoms. The molecule has 0 unspecified atom stereocenters. The van der Waals surface area contributed by atoms with Crippen molar-refractivity contribution in [3.63, 3.8) is 0 Å². The zero-order chi connectivity index (χ0) is 15.7. The molecule has 3 aromatic rings. The van der Waals surface area contributed by atoms with E-state index in [4.69, 9.17) is 4.42 Å². The number of furan rings is 1. The smallest absolute Gasteiger partial charge is 0.187 e. The van der Waals surface area contributed by atoms with Crippen LogP contribution in [0.25, 0.3) is 11.0 Å².